The van der Waals surface area contributed by atoms with Crippen molar-refractivity contribution >= 4 is 23.3 Å². The summed E-state index contributed by atoms with van der Waals surface area (Å²) in [5, 5.41) is 2.74. The zero-order valence-electron chi connectivity index (χ0n) is 16.0. The molecule has 0 saturated carbocycles. The van der Waals surface area contributed by atoms with Gasteiger partial charge in [-0.25, -0.2) is 9.18 Å². The van der Waals surface area contributed by atoms with Crippen molar-refractivity contribution in [3.05, 3.63) is 59.4 Å². The van der Waals surface area contributed by atoms with E-state index in [-0.39, 0.29) is 23.1 Å². The van der Waals surface area contributed by atoms with Gasteiger partial charge in [0.25, 0.3) is 0 Å². The Labute approximate surface area is 162 Å². The van der Waals surface area contributed by atoms with Gasteiger partial charge in [0, 0.05) is 17.7 Å². The number of amides is 1. The summed E-state index contributed by atoms with van der Waals surface area (Å²) >= 11 is 0. The smallest absolute Gasteiger partial charge is 0.338 e. The highest BCUT2D eigenvalue weighted by Crippen LogP contribution is 2.18. The molecule has 7 heteroatoms. The van der Waals surface area contributed by atoms with E-state index in [1.807, 2.05) is 13.8 Å². The third-order valence-corrected chi connectivity index (χ3v) is 3.81. The number of methoxy groups -OCH3 is 1. The number of nitrogens with one attached hydrogen (secondary N) is 1. The first-order valence-electron chi connectivity index (χ1n) is 8.74. The van der Waals surface area contributed by atoms with E-state index in [4.69, 9.17) is 9.47 Å². The molecular formula is C21H22FNO5. The summed E-state index contributed by atoms with van der Waals surface area (Å²) in [6.45, 7) is 3.41. The Balaban J connectivity index is 1.91. The molecule has 0 radical (unpaired) electrons. The normalized spacial score (nSPS) is 10.5. The molecule has 0 heterocycles. The van der Waals surface area contributed by atoms with E-state index in [0.717, 1.165) is 6.07 Å². The van der Waals surface area contributed by atoms with E-state index in [1.165, 1.54) is 31.4 Å². The van der Waals surface area contributed by atoms with E-state index in [9.17, 15) is 18.8 Å². The number of ether oxygens (including phenoxy) is 2. The van der Waals surface area contributed by atoms with Crippen molar-refractivity contribution in [2.24, 2.45) is 5.92 Å². The van der Waals surface area contributed by atoms with Crippen LogP contribution in [-0.2, 0) is 9.53 Å². The van der Waals surface area contributed by atoms with Crippen LogP contribution in [-0.4, -0.2) is 31.4 Å². The van der Waals surface area contributed by atoms with Gasteiger partial charge in [0.05, 0.1) is 12.7 Å². The number of benzene rings is 2. The lowest BCUT2D eigenvalue weighted by molar-refractivity contribution is -0.116. The lowest BCUT2D eigenvalue weighted by Gasteiger charge is -2.08. The number of rotatable bonds is 8. The van der Waals surface area contributed by atoms with Crippen molar-refractivity contribution in [2.75, 3.05) is 19.0 Å². The Kier molecular flexibility index (Phi) is 7.26. The van der Waals surface area contributed by atoms with E-state index in [1.54, 1.807) is 12.1 Å². The number of hydrogen-bond acceptors (Lipinski definition) is 5. The largest absolute Gasteiger partial charge is 0.494 e. The maximum absolute atomic E-state index is 13.6. The van der Waals surface area contributed by atoms with Crippen LogP contribution in [0, 0.1) is 11.7 Å². The first kappa shape index (κ1) is 21.1. The maximum Gasteiger partial charge on any atom is 0.338 e. The van der Waals surface area contributed by atoms with Crippen LogP contribution in [0.15, 0.2) is 42.5 Å². The molecule has 0 fully saturated rings. The van der Waals surface area contributed by atoms with E-state index in [2.05, 4.69) is 5.32 Å². The fraction of sp³-hybridized carbons (Fsp3) is 0.286. The molecule has 28 heavy (non-hydrogen) atoms. The van der Waals surface area contributed by atoms with E-state index < -0.39 is 24.2 Å². The molecule has 0 unspecified atom stereocenters. The van der Waals surface area contributed by atoms with E-state index in [0.29, 0.717) is 17.7 Å². The first-order chi connectivity index (χ1) is 13.3. The molecule has 0 aliphatic heterocycles. The quantitative estimate of drug-likeness (QED) is 0.549. The average molecular weight is 387 g/mol. The summed E-state index contributed by atoms with van der Waals surface area (Å²) in [6, 6.07) is 9.92. The number of ketones is 1. The highest BCUT2D eigenvalue weighted by atomic mass is 19.1. The molecule has 2 rings (SSSR count). The molecule has 0 aliphatic rings. The minimum absolute atomic E-state index is 0.00759. The minimum Gasteiger partial charge on any atom is -0.494 e. The number of hydrogen-bond donors (Lipinski definition) is 1. The molecule has 0 bridgehead atoms. The van der Waals surface area contributed by atoms with Crippen molar-refractivity contribution in [3.63, 3.8) is 0 Å². The van der Waals surface area contributed by atoms with Crippen LogP contribution in [0.3, 0.4) is 0 Å². The van der Waals surface area contributed by atoms with Crippen LogP contribution < -0.4 is 10.1 Å². The predicted molar refractivity (Wildman–Crippen MR) is 102 cm³/mol. The van der Waals surface area contributed by atoms with Gasteiger partial charge in [-0.05, 0) is 48.4 Å². The molecule has 0 aromatic heterocycles. The van der Waals surface area contributed by atoms with Crippen LogP contribution in [0.4, 0.5) is 10.1 Å². The van der Waals surface area contributed by atoms with Crippen LogP contribution in [0.1, 0.15) is 41.0 Å². The second-order valence-electron chi connectivity index (χ2n) is 6.57. The van der Waals surface area contributed by atoms with Gasteiger partial charge in [-0.3, -0.25) is 9.59 Å². The van der Waals surface area contributed by atoms with Gasteiger partial charge in [-0.2, -0.15) is 0 Å². The molecule has 2 aromatic carbocycles. The highest BCUT2D eigenvalue weighted by molar-refractivity contribution is 6.00. The Hall–Kier alpha value is -3.22. The summed E-state index contributed by atoms with van der Waals surface area (Å²) < 4.78 is 23.4. The van der Waals surface area contributed by atoms with Crippen molar-refractivity contribution in [3.8, 4) is 5.75 Å². The van der Waals surface area contributed by atoms with Crippen LogP contribution in [0.25, 0.3) is 0 Å². The molecule has 0 atom stereocenters. The topological polar surface area (TPSA) is 81.7 Å². The fourth-order valence-corrected chi connectivity index (χ4v) is 2.41. The zero-order chi connectivity index (χ0) is 20.7. The maximum atomic E-state index is 13.6. The Morgan fingerprint density at radius 2 is 1.68 bits per heavy atom. The number of esters is 1. The molecule has 1 N–H and O–H groups in total. The van der Waals surface area contributed by atoms with Gasteiger partial charge in [0.2, 0.25) is 5.91 Å². The monoisotopic (exact) mass is 387 g/mol. The van der Waals surface area contributed by atoms with Gasteiger partial charge >= 0.3 is 5.97 Å². The van der Waals surface area contributed by atoms with Gasteiger partial charge in [-0.1, -0.05) is 13.8 Å². The Bertz CT molecular complexity index is 862. The van der Waals surface area contributed by atoms with Gasteiger partial charge in [-0.15, -0.1) is 0 Å². The number of carbonyl (C=O) groups excluding carboxylic acids is 3. The minimum atomic E-state index is -0.813. The zero-order valence-corrected chi connectivity index (χ0v) is 16.0. The lowest BCUT2D eigenvalue weighted by Crippen LogP contribution is -2.15. The third-order valence-electron chi connectivity index (χ3n) is 3.81. The SMILES string of the molecule is COc1ccc(C(=O)OCC(=O)c2ccc(NC(=O)CC(C)C)cc2)cc1F. The van der Waals surface area contributed by atoms with Crippen LogP contribution in [0.5, 0.6) is 5.75 Å². The molecule has 0 aliphatic carbocycles. The van der Waals surface area contributed by atoms with Crippen molar-refractivity contribution in [1.29, 1.82) is 0 Å². The van der Waals surface area contributed by atoms with Gasteiger partial charge < -0.3 is 14.8 Å². The average Bonchev–Trinajstić information content (AvgIpc) is 2.65. The molecule has 0 saturated heterocycles. The van der Waals surface area contributed by atoms with Crippen molar-refractivity contribution in [1.82, 2.24) is 0 Å². The Morgan fingerprint density at radius 3 is 2.25 bits per heavy atom. The molecule has 1 amide bonds. The molecule has 6 nitrogen and oxygen atoms in total. The highest BCUT2D eigenvalue weighted by Gasteiger charge is 2.14. The number of Topliss-reactive ketones (excluding diaryl/α,β-unsaturated/α-hetero) is 1. The molecule has 148 valence electrons. The summed E-state index contributed by atoms with van der Waals surface area (Å²) in [4.78, 5) is 35.9. The number of anilines is 1. The van der Waals surface area contributed by atoms with Gasteiger partial charge in [0.1, 0.15) is 0 Å². The van der Waals surface area contributed by atoms with Crippen LogP contribution in [0.2, 0.25) is 0 Å². The molecule has 0 spiro atoms. The summed E-state index contributed by atoms with van der Waals surface area (Å²) in [5.74, 6) is -1.77. The Morgan fingerprint density at radius 1 is 1.04 bits per heavy atom. The third kappa shape index (κ3) is 5.90. The molecule has 2 aromatic rings. The van der Waals surface area contributed by atoms with Crippen LogP contribution >= 0.6 is 0 Å². The lowest BCUT2D eigenvalue weighted by atomic mass is 10.1. The number of carbonyl (C=O) groups is 3. The molecular weight excluding hydrogens is 365 g/mol. The summed E-state index contributed by atoms with van der Waals surface area (Å²) in [6.07, 6.45) is 0.405. The second-order valence-corrected chi connectivity index (χ2v) is 6.57. The van der Waals surface area contributed by atoms with Crippen molar-refractivity contribution in [2.45, 2.75) is 20.3 Å². The summed E-state index contributed by atoms with van der Waals surface area (Å²) in [7, 11) is 1.32. The van der Waals surface area contributed by atoms with Gasteiger partial charge in [0.15, 0.2) is 24.0 Å². The number of halogens is 1. The fourth-order valence-electron chi connectivity index (χ4n) is 2.41. The standard InChI is InChI=1S/C21H22FNO5/c1-13(2)10-20(25)23-16-7-4-14(5-8-16)18(24)12-28-21(26)15-6-9-19(27-3)17(22)11-15/h4-9,11,13H,10,12H2,1-3H3,(H,23,25). The van der Waals surface area contributed by atoms with Crippen molar-refractivity contribution < 1.29 is 28.2 Å². The van der Waals surface area contributed by atoms with E-state index >= 15 is 0 Å². The summed E-state index contributed by atoms with van der Waals surface area (Å²) in [5.41, 5.74) is 0.887. The predicted octanol–water partition coefficient (Wildman–Crippen LogP) is 3.86. The first-order valence-corrected chi connectivity index (χ1v) is 8.74. The second kappa shape index (κ2) is 9.64.